The van der Waals surface area contributed by atoms with Crippen molar-refractivity contribution in [2.75, 3.05) is 0 Å². The Bertz CT molecular complexity index is 506. The van der Waals surface area contributed by atoms with Crippen molar-refractivity contribution in [3.8, 4) is 0 Å². The van der Waals surface area contributed by atoms with Crippen molar-refractivity contribution in [1.29, 1.82) is 0 Å². The topological polar surface area (TPSA) is 30.2 Å². The number of hydrogen-bond acceptors (Lipinski definition) is 2. The van der Waals surface area contributed by atoms with Crippen LogP contribution in [0.2, 0.25) is 5.02 Å². The minimum absolute atomic E-state index is 0.0469. The third-order valence-corrected chi connectivity index (χ3v) is 2.41. The van der Waals surface area contributed by atoms with E-state index in [1.807, 2.05) is 0 Å². The zero-order valence-electron chi connectivity index (χ0n) is 8.24. The molecule has 1 aromatic carbocycles. The van der Waals surface area contributed by atoms with E-state index in [1.165, 1.54) is 24.7 Å². The van der Waals surface area contributed by atoms with Crippen molar-refractivity contribution < 1.29 is 13.6 Å². The summed E-state index contributed by atoms with van der Waals surface area (Å²) in [5, 5.41) is 0.275. The van der Waals surface area contributed by atoms with Crippen LogP contribution in [-0.2, 0) is 6.42 Å². The highest BCUT2D eigenvalue weighted by molar-refractivity contribution is 6.30. The first-order valence-electron chi connectivity index (χ1n) is 4.66. The number of rotatable bonds is 3. The van der Waals surface area contributed by atoms with E-state index in [4.69, 9.17) is 16.0 Å². The molecule has 0 aliphatic heterocycles. The molecular formula is C12H8ClFO2. The molecule has 0 fully saturated rings. The van der Waals surface area contributed by atoms with Gasteiger partial charge in [-0.3, -0.25) is 4.79 Å². The van der Waals surface area contributed by atoms with E-state index in [0.29, 0.717) is 0 Å². The second kappa shape index (κ2) is 4.49. The molecule has 1 heterocycles. The summed E-state index contributed by atoms with van der Waals surface area (Å²) in [5.41, 5.74) is 0.768. The Morgan fingerprint density at radius 2 is 2.19 bits per heavy atom. The Labute approximate surface area is 96.6 Å². The van der Waals surface area contributed by atoms with Gasteiger partial charge in [0.15, 0.2) is 5.78 Å². The number of carbonyl (C=O) groups is 1. The molecule has 16 heavy (non-hydrogen) atoms. The van der Waals surface area contributed by atoms with Crippen molar-refractivity contribution in [2.45, 2.75) is 6.42 Å². The molecule has 0 aliphatic carbocycles. The Balaban J connectivity index is 2.21. The van der Waals surface area contributed by atoms with Crippen LogP contribution >= 0.6 is 11.6 Å². The highest BCUT2D eigenvalue weighted by Gasteiger charge is 2.13. The van der Waals surface area contributed by atoms with E-state index < -0.39 is 5.82 Å². The van der Waals surface area contributed by atoms with Crippen LogP contribution in [0.1, 0.15) is 15.9 Å². The van der Waals surface area contributed by atoms with E-state index in [0.717, 1.165) is 11.6 Å². The molecule has 0 saturated heterocycles. The van der Waals surface area contributed by atoms with E-state index >= 15 is 0 Å². The Kier molecular flexibility index (Phi) is 3.06. The quantitative estimate of drug-likeness (QED) is 0.766. The van der Waals surface area contributed by atoms with Gasteiger partial charge in [-0.25, -0.2) is 4.39 Å². The lowest BCUT2D eigenvalue weighted by molar-refractivity contribution is 0.0989. The summed E-state index contributed by atoms with van der Waals surface area (Å²) in [4.78, 5) is 11.7. The van der Waals surface area contributed by atoms with Crippen LogP contribution in [-0.4, -0.2) is 5.78 Å². The summed E-state index contributed by atoms with van der Waals surface area (Å²) < 4.78 is 18.2. The van der Waals surface area contributed by atoms with Crippen molar-refractivity contribution in [2.24, 2.45) is 0 Å². The molecular weight excluding hydrogens is 231 g/mol. The van der Waals surface area contributed by atoms with Gasteiger partial charge in [0, 0.05) is 11.4 Å². The summed E-state index contributed by atoms with van der Waals surface area (Å²) >= 11 is 5.60. The number of benzene rings is 1. The predicted octanol–water partition coefficient (Wildman–Crippen LogP) is 3.50. The van der Waals surface area contributed by atoms with Crippen molar-refractivity contribution >= 4 is 17.4 Å². The number of halogens is 2. The average molecular weight is 239 g/mol. The lowest BCUT2D eigenvalue weighted by Gasteiger charge is -2.01. The molecule has 0 atom stereocenters. The van der Waals surface area contributed by atoms with Gasteiger partial charge in [-0.1, -0.05) is 11.6 Å². The lowest BCUT2D eigenvalue weighted by atomic mass is 10.0. The fraction of sp³-hybridized carbons (Fsp3) is 0.0833. The number of ketones is 1. The van der Waals surface area contributed by atoms with Crippen molar-refractivity contribution in [3.05, 3.63) is 58.8 Å². The summed E-state index contributed by atoms with van der Waals surface area (Å²) in [6.45, 7) is 0. The maximum Gasteiger partial charge on any atom is 0.170 e. The smallest absolute Gasteiger partial charge is 0.170 e. The van der Waals surface area contributed by atoms with Gasteiger partial charge >= 0.3 is 0 Å². The molecule has 0 bridgehead atoms. The van der Waals surface area contributed by atoms with Gasteiger partial charge < -0.3 is 4.42 Å². The maximum atomic E-state index is 13.4. The van der Waals surface area contributed by atoms with Crippen molar-refractivity contribution in [1.82, 2.24) is 0 Å². The molecule has 4 heteroatoms. The summed E-state index contributed by atoms with van der Waals surface area (Å²) in [7, 11) is 0. The fourth-order valence-corrected chi connectivity index (χ4v) is 1.55. The zero-order chi connectivity index (χ0) is 11.5. The summed E-state index contributed by atoms with van der Waals surface area (Å²) in [5.74, 6) is -0.892. The third-order valence-electron chi connectivity index (χ3n) is 2.18. The molecule has 1 aromatic heterocycles. The first-order valence-corrected chi connectivity index (χ1v) is 5.04. The van der Waals surface area contributed by atoms with Gasteiger partial charge in [-0.05, 0) is 29.8 Å². The number of furan rings is 1. The van der Waals surface area contributed by atoms with Crippen LogP contribution in [0.25, 0.3) is 0 Å². The molecule has 2 aromatic rings. The standard InChI is InChI=1S/C12H8ClFO2/c13-9-1-2-10(11(14)6-9)12(15)5-8-3-4-16-7-8/h1-4,6-7H,5H2. The minimum atomic E-state index is -0.596. The van der Waals surface area contributed by atoms with Gasteiger partial charge in [0.05, 0.1) is 18.1 Å². The molecule has 0 unspecified atom stereocenters. The number of Topliss-reactive ketones (excluding diaryl/α,β-unsaturated/α-hetero) is 1. The molecule has 0 spiro atoms. The van der Waals surface area contributed by atoms with Gasteiger partial charge in [0.1, 0.15) is 5.82 Å². The molecule has 0 aliphatic rings. The van der Waals surface area contributed by atoms with E-state index in [-0.39, 0.29) is 22.8 Å². The Hall–Kier alpha value is -1.61. The van der Waals surface area contributed by atoms with Crippen LogP contribution in [0.3, 0.4) is 0 Å². The van der Waals surface area contributed by atoms with Crippen molar-refractivity contribution in [3.63, 3.8) is 0 Å². The second-order valence-corrected chi connectivity index (χ2v) is 3.79. The average Bonchev–Trinajstić information content (AvgIpc) is 2.70. The predicted molar refractivity (Wildman–Crippen MR) is 58.2 cm³/mol. The molecule has 82 valence electrons. The third kappa shape index (κ3) is 2.31. The number of carbonyl (C=O) groups excluding carboxylic acids is 1. The highest BCUT2D eigenvalue weighted by Crippen LogP contribution is 2.16. The lowest BCUT2D eigenvalue weighted by Crippen LogP contribution is -2.05. The molecule has 0 N–H and O–H groups in total. The van der Waals surface area contributed by atoms with Gasteiger partial charge in [-0.15, -0.1) is 0 Å². The summed E-state index contributed by atoms with van der Waals surface area (Å²) in [6, 6.07) is 5.68. The Morgan fingerprint density at radius 1 is 1.38 bits per heavy atom. The SMILES string of the molecule is O=C(Cc1ccoc1)c1ccc(Cl)cc1F. The monoisotopic (exact) mass is 238 g/mol. The van der Waals surface area contributed by atoms with Gasteiger partial charge in [-0.2, -0.15) is 0 Å². The van der Waals surface area contributed by atoms with E-state index in [2.05, 4.69) is 0 Å². The Morgan fingerprint density at radius 3 is 2.81 bits per heavy atom. The second-order valence-electron chi connectivity index (χ2n) is 3.36. The van der Waals surface area contributed by atoms with Crippen LogP contribution < -0.4 is 0 Å². The molecule has 2 rings (SSSR count). The first kappa shape index (κ1) is 10.9. The van der Waals surface area contributed by atoms with Gasteiger partial charge in [0.2, 0.25) is 0 Å². The maximum absolute atomic E-state index is 13.4. The molecule has 0 radical (unpaired) electrons. The normalized spacial score (nSPS) is 10.4. The van der Waals surface area contributed by atoms with E-state index in [1.54, 1.807) is 6.07 Å². The molecule has 2 nitrogen and oxygen atoms in total. The first-order chi connectivity index (χ1) is 7.66. The zero-order valence-corrected chi connectivity index (χ0v) is 9.00. The molecule has 0 amide bonds. The largest absolute Gasteiger partial charge is 0.472 e. The fourth-order valence-electron chi connectivity index (χ4n) is 1.39. The number of hydrogen-bond donors (Lipinski definition) is 0. The highest BCUT2D eigenvalue weighted by atomic mass is 35.5. The van der Waals surface area contributed by atoms with Crippen LogP contribution in [0.5, 0.6) is 0 Å². The van der Waals surface area contributed by atoms with E-state index in [9.17, 15) is 9.18 Å². The molecule has 0 saturated carbocycles. The summed E-state index contributed by atoms with van der Waals surface area (Å²) in [6.07, 6.45) is 3.06. The van der Waals surface area contributed by atoms with Gasteiger partial charge in [0.25, 0.3) is 0 Å². The van der Waals surface area contributed by atoms with Crippen LogP contribution in [0, 0.1) is 5.82 Å². The van der Waals surface area contributed by atoms with Crippen LogP contribution in [0.4, 0.5) is 4.39 Å². The minimum Gasteiger partial charge on any atom is -0.472 e. The van der Waals surface area contributed by atoms with Crippen LogP contribution in [0.15, 0.2) is 41.2 Å².